The molecule has 0 atom stereocenters. The van der Waals surface area contributed by atoms with Crippen molar-refractivity contribution >= 4 is 35.8 Å². The van der Waals surface area contributed by atoms with Gasteiger partial charge in [-0.25, -0.2) is 0 Å². The molecule has 0 unspecified atom stereocenters. The summed E-state index contributed by atoms with van der Waals surface area (Å²) in [6.07, 6.45) is 2.85. The lowest BCUT2D eigenvalue weighted by atomic mass is 9.91. The molecule has 2 N–H and O–H groups in total. The zero-order valence-corrected chi connectivity index (χ0v) is 21.3. The Labute approximate surface area is 189 Å². The number of aliphatic hydroxyl groups is 1. The van der Waals surface area contributed by atoms with Crippen molar-refractivity contribution in [3.05, 3.63) is 62.1 Å². The van der Waals surface area contributed by atoms with Gasteiger partial charge in [-0.05, 0) is 84.3 Å². The smallest absolute Gasteiger partial charge is 0.188 e. The van der Waals surface area contributed by atoms with Gasteiger partial charge in [0.2, 0.25) is 0 Å². The van der Waals surface area contributed by atoms with Gasteiger partial charge in [0.25, 0.3) is 0 Å². The van der Waals surface area contributed by atoms with Crippen LogP contribution in [-0.4, -0.2) is 31.9 Å². The lowest BCUT2D eigenvalue weighted by Gasteiger charge is -2.36. The molecule has 0 aliphatic heterocycles. The minimum absolute atomic E-state index is 0.140. The predicted molar refractivity (Wildman–Crippen MR) is 128 cm³/mol. The number of ether oxygens (including phenoxy) is 1. The summed E-state index contributed by atoms with van der Waals surface area (Å²) in [6, 6.07) is 10.1. The second-order valence-electron chi connectivity index (χ2n) is 8.76. The molecule has 0 aromatic heterocycles. The van der Waals surface area contributed by atoms with E-state index in [1.165, 1.54) is 0 Å². The number of hydrogen-bond acceptors (Lipinski definition) is 3. The number of rotatable bonds is 9. The maximum atomic E-state index is 10.8. The van der Waals surface area contributed by atoms with Crippen molar-refractivity contribution in [2.24, 2.45) is 0 Å². The molecule has 0 spiro atoms. The first-order valence-corrected chi connectivity index (χ1v) is 14.1. The Morgan fingerprint density at radius 2 is 1.76 bits per heavy atom. The van der Waals surface area contributed by atoms with Crippen LogP contribution in [0.15, 0.2) is 34.8 Å². The maximum Gasteiger partial charge on any atom is 0.188 e. The van der Waals surface area contributed by atoms with Gasteiger partial charge in [-0.2, -0.15) is 0 Å². The van der Waals surface area contributed by atoms with E-state index >= 15 is 0 Å². The van der Waals surface area contributed by atoms with E-state index < -0.39 is 8.32 Å². The van der Waals surface area contributed by atoms with E-state index in [-0.39, 0.29) is 11.6 Å². The first-order valence-electron chi connectivity index (χ1n) is 9.95. The molecule has 0 bridgehead atoms. The second kappa shape index (κ2) is 9.97. The van der Waals surface area contributed by atoms with Gasteiger partial charge in [-0.1, -0.05) is 53.5 Å². The largest absolute Gasteiger partial charge is 0.497 e. The topological polar surface area (TPSA) is 49.7 Å². The molecule has 0 aliphatic carbocycles. The highest BCUT2D eigenvalue weighted by molar-refractivity contribution is 9.10. The number of aliphatic hydroxyl groups excluding tert-OH is 1. The molecular weight excluding hydrogens is 468 g/mol. The molecule has 2 aromatic carbocycles. The third-order valence-corrected chi connectivity index (χ3v) is 10.6. The van der Waals surface area contributed by atoms with Crippen LogP contribution in [0.5, 0.6) is 5.75 Å². The summed E-state index contributed by atoms with van der Waals surface area (Å²) in [5.74, 6) is 0.831. The molecule has 0 fully saturated rings. The van der Waals surface area contributed by atoms with Crippen molar-refractivity contribution in [2.45, 2.75) is 57.7 Å². The number of hydrogen-bond donors (Lipinski definition) is 2. The molecule has 2 rings (SSSR count). The SMILES string of the molecule is COc1ccc(Cc2cc(Br)c(CCCO)c(CC(C)(C)[Si](C)(C)O)c2Cl)cc1. The van der Waals surface area contributed by atoms with E-state index in [4.69, 9.17) is 16.3 Å². The van der Waals surface area contributed by atoms with Crippen LogP contribution in [0.3, 0.4) is 0 Å². The van der Waals surface area contributed by atoms with Gasteiger partial charge in [0.15, 0.2) is 8.32 Å². The standard InChI is InChI=1S/C23H32BrClO3Si/c1-23(2,29(4,5)27)15-20-19(7-6-12-26)21(24)14-17(22(20)25)13-16-8-10-18(28-3)11-9-16/h8-11,14,26-27H,6-7,12-13,15H2,1-5H3. The van der Waals surface area contributed by atoms with E-state index in [9.17, 15) is 9.90 Å². The van der Waals surface area contributed by atoms with Crippen LogP contribution < -0.4 is 4.74 Å². The van der Waals surface area contributed by atoms with Crippen molar-refractivity contribution in [3.8, 4) is 5.75 Å². The molecule has 160 valence electrons. The minimum atomic E-state index is -2.40. The second-order valence-corrected chi connectivity index (χ2v) is 14.5. The summed E-state index contributed by atoms with van der Waals surface area (Å²) in [5.41, 5.74) is 4.43. The first kappa shape index (κ1) is 24.4. The Morgan fingerprint density at radius 1 is 1.14 bits per heavy atom. The minimum Gasteiger partial charge on any atom is -0.497 e. The zero-order valence-electron chi connectivity index (χ0n) is 18.0. The number of benzene rings is 2. The summed E-state index contributed by atoms with van der Waals surface area (Å²) in [7, 11) is -0.741. The molecule has 0 heterocycles. The first-order chi connectivity index (χ1) is 13.5. The van der Waals surface area contributed by atoms with Crippen LogP contribution in [-0.2, 0) is 19.3 Å². The molecule has 0 aliphatic rings. The number of halogens is 2. The van der Waals surface area contributed by atoms with Crippen LogP contribution in [0.25, 0.3) is 0 Å². The molecule has 0 saturated carbocycles. The normalized spacial score (nSPS) is 12.3. The molecule has 0 radical (unpaired) electrons. The zero-order chi connectivity index (χ0) is 21.8. The average Bonchev–Trinajstić information content (AvgIpc) is 2.65. The summed E-state index contributed by atoms with van der Waals surface area (Å²) >= 11 is 10.7. The van der Waals surface area contributed by atoms with Gasteiger partial charge in [-0.15, -0.1) is 0 Å². The Kier molecular flexibility index (Phi) is 8.39. The van der Waals surface area contributed by atoms with E-state index in [0.29, 0.717) is 12.8 Å². The summed E-state index contributed by atoms with van der Waals surface area (Å²) in [6.45, 7) is 8.33. The molecule has 2 aromatic rings. The summed E-state index contributed by atoms with van der Waals surface area (Å²) < 4.78 is 6.26. The van der Waals surface area contributed by atoms with Crippen molar-refractivity contribution in [1.82, 2.24) is 0 Å². The van der Waals surface area contributed by atoms with Gasteiger partial charge in [0, 0.05) is 16.1 Å². The van der Waals surface area contributed by atoms with E-state index in [2.05, 4.69) is 48.0 Å². The molecule has 3 nitrogen and oxygen atoms in total. The van der Waals surface area contributed by atoms with Crippen molar-refractivity contribution in [3.63, 3.8) is 0 Å². The highest BCUT2D eigenvalue weighted by atomic mass is 79.9. The molecule has 0 amide bonds. The molecular formula is C23H32BrClO3Si. The predicted octanol–water partition coefficient (Wildman–Crippen LogP) is 6.15. The summed E-state index contributed by atoms with van der Waals surface area (Å²) in [4.78, 5) is 10.8. The van der Waals surface area contributed by atoms with E-state index in [1.54, 1.807) is 7.11 Å². The van der Waals surface area contributed by atoms with Crippen LogP contribution in [0.2, 0.25) is 23.2 Å². The van der Waals surface area contributed by atoms with Crippen LogP contribution in [0.1, 0.15) is 42.5 Å². The number of methoxy groups -OCH3 is 1. The third-order valence-electron chi connectivity index (χ3n) is 5.91. The monoisotopic (exact) mass is 498 g/mol. The Morgan fingerprint density at radius 3 is 2.28 bits per heavy atom. The highest BCUT2D eigenvalue weighted by Gasteiger charge is 2.39. The van der Waals surface area contributed by atoms with Crippen LogP contribution in [0.4, 0.5) is 0 Å². The van der Waals surface area contributed by atoms with Gasteiger partial charge in [-0.3, -0.25) is 0 Å². The van der Waals surface area contributed by atoms with Gasteiger partial charge in [0.1, 0.15) is 5.75 Å². The molecule has 29 heavy (non-hydrogen) atoms. The van der Waals surface area contributed by atoms with Gasteiger partial charge in [0.05, 0.1) is 7.11 Å². The van der Waals surface area contributed by atoms with Crippen molar-refractivity contribution in [2.75, 3.05) is 13.7 Å². The van der Waals surface area contributed by atoms with E-state index in [1.807, 2.05) is 25.2 Å². The third kappa shape index (κ3) is 6.08. The van der Waals surface area contributed by atoms with E-state index in [0.717, 1.165) is 50.3 Å². The fraction of sp³-hybridized carbons (Fsp3) is 0.478. The fourth-order valence-corrected chi connectivity index (χ4v) is 4.86. The van der Waals surface area contributed by atoms with Crippen LogP contribution >= 0.6 is 27.5 Å². The summed E-state index contributed by atoms with van der Waals surface area (Å²) in [5, 5.41) is 9.87. The Bertz CT molecular complexity index is 829. The Balaban J connectivity index is 2.49. The maximum absolute atomic E-state index is 10.8. The quantitative estimate of drug-likeness (QED) is 0.407. The van der Waals surface area contributed by atoms with Crippen molar-refractivity contribution < 1.29 is 14.6 Å². The lowest BCUT2D eigenvalue weighted by Crippen LogP contribution is -2.40. The Hall–Kier alpha value is -0.853. The van der Waals surface area contributed by atoms with Gasteiger partial charge < -0.3 is 14.6 Å². The average molecular weight is 500 g/mol. The molecule has 0 saturated heterocycles. The highest BCUT2D eigenvalue weighted by Crippen LogP contribution is 2.43. The fourth-order valence-electron chi connectivity index (χ4n) is 3.23. The van der Waals surface area contributed by atoms with Crippen molar-refractivity contribution in [1.29, 1.82) is 0 Å². The molecule has 6 heteroatoms. The van der Waals surface area contributed by atoms with Gasteiger partial charge >= 0.3 is 0 Å². The van der Waals surface area contributed by atoms with Crippen LogP contribution in [0, 0.1) is 0 Å². The lowest BCUT2D eigenvalue weighted by molar-refractivity contribution is 0.288.